The van der Waals surface area contributed by atoms with Gasteiger partial charge in [-0.1, -0.05) is 56.5 Å². The Balaban J connectivity index is 1.83. The topological polar surface area (TPSA) is 24.9 Å². The molecule has 3 heteroatoms. The third-order valence-corrected chi connectivity index (χ3v) is 3.68. The molecular weight excluding hydrogens is 240 g/mol. The highest BCUT2D eigenvalue weighted by Crippen LogP contribution is 2.24. The fourth-order valence-corrected chi connectivity index (χ4v) is 2.59. The van der Waals surface area contributed by atoms with E-state index in [4.69, 9.17) is 0 Å². The van der Waals surface area contributed by atoms with Crippen molar-refractivity contribution in [1.29, 1.82) is 0 Å². The van der Waals surface area contributed by atoms with Crippen LogP contribution in [0.1, 0.15) is 32.6 Å². The molecule has 0 saturated carbocycles. The number of aromatic nitrogens is 1. The fraction of sp³-hybridized carbons (Fsp3) is 0.400. The van der Waals surface area contributed by atoms with Gasteiger partial charge in [0.1, 0.15) is 0 Å². The lowest BCUT2D eigenvalue weighted by molar-refractivity contribution is 0.685. The van der Waals surface area contributed by atoms with Gasteiger partial charge in [-0.05, 0) is 6.42 Å². The first-order valence-electron chi connectivity index (χ1n) is 6.65. The molecule has 1 aromatic heterocycles. The number of thiazole rings is 1. The maximum Gasteiger partial charge on any atom is 0.183 e. The first-order chi connectivity index (χ1) is 8.90. The van der Waals surface area contributed by atoms with Crippen molar-refractivity contribution in [2.75, 3.05) is 11.9 Å². The molecule has 2 nitrogen and oxygen atoms in total. The summed E-state index contributed by atoms with van der Waals surface area (Å²) in [7, 11) is 0. The lowest BCUT2D eigenvalue weighted by Crippen LogP contribution is -2.00. The highest BCUT2D eigenvalue weighted by molar-refractivity contribution is 7.14. The quantitative estimate of drug-likeness (QED) is 0.723. The van der Waals surface area contributed by atoms with E-state index in [-0.39, 0.29) is 0 Å². The van der Waals surface area contributed by atoms with Crippen molar-refractivity contribution in [3.8, 4) is 11.3 Å². The largest absolute Gasteiger partial charge is 0.362 e. The van der Waals surface area contributed by atoms with Gasteiger partial charge in [-0.25, -0.2) is 4.98 Å². The van der Waals surface area contributed by atoms with E-state index >= 15 is 0 Å². The van der Waals surface area contributed by atoms with E-state index in [2.05, 4.69) is 34.7 Å². The van der Waals surface area contributed by atoms with Gasteiger partial charge >= 0.3 is 0 Å². The minimum absolute atomic E-state index is 1.03. The second kappa shape index (κ2) is 7.17. The second-order valence-electron chi connectivity index (χ2n) is 4.39. The summed E-state index contributed by atoms with van der Waals surface area (Å²) >= 11 is 1.69. The fourth-order valence-electron chi connectivity index (χ4n) is 1.84. The van der Waals surface area contributed by atoms with Gasteiger partial charge in [-0.2, -0.15) is 0 Å². The predicted molar refractivity (Wildman–Crippen MR) is 80.2 cm³/mol. The lowest BCUT2D eigenvalue weighted by atomic mass is 10.2. The van der Waals surface area contributed by atoms with E-state index in [1.165, 1.54) is 31.2 Å². The number of nitrogens with zero attached hydrogens (tertiary/aromatic N) is 1. The Morgan fingerprint density at radius 2 is 1.94 bits per heavy atom. The van der Waals surface area contributed by atoms with Crippen molar-refractivity contribution in [2.24, 2.45) is 0 Å². The van der Waals surface area contributed by atoms with Crippen molar-refractivity contribution in [2.45, 2.75) is 32.6 Å². The van der Waals surface area contributed by atoms with Crippen molar-refractivity contribution in [3.05, 3.63) is 35.7 Å². The molecule has 0 radical (unpaired) electrons. The maximum atomic E-state index is 4.61. The molecule has 0 unspecified atom stereocenters. The Labute approximate surface area is 113 Å². The van der Waals surface area contributed by atoms with Crippen LogP contribution in [0.25, 0.3) is 11.3 Å². The van der Waals surface area contributed by atoms with Crippen molar-refractivity contribution in [1.82, 2.24) is 4.98 Å². The van der Waals surface area contributed by atoms with Gasteiger partial charge in [-0.15, -0.1) is 11.3 Å². The first kappa shape index (κ1) is 13.1. The number of hydrogen-bond donors (Lipinski definition) is 1. The lowest BCUT2D eigenvalue weighted by Gasteiger charge is -2.01. The molecule has 0 aliphatic rings. The van der Waals surface area contributed by atoms with Crippen LogP contribution in [0.3, 0.4) is 0 Å². The van der Waals surface area contributed by atoms with Gasteiger partial charge in [0, 0.05) is 17.5 Å². The van der Waals surface area contributed by atoms with E-state index in [0.717, 1.165) is 17.4 Å². The molecule has 96 valence electrons. The molecule has 0 atom stereocenters. The first-order valence-corrected chi connectivity index (χ1v) is 7.53. The van der Waals surface area contributed by atoms with Crippen LogP contribution in [0.4, 0.5) is 5.13 Å². The van der Waals surface area contributed by atoms with Gasteiger partial charge in [-0.3, -0.25) is 0 Å². The number of anilines is 1. The summed E-state index contributed by atoms with van der Waals surface area (Å²) in [5.41, 5.74) is 2.25. The van der Waals surface area contributed by atoms with Crippen molar-refractivity contribution in [3.63, 3.8) is 0 Å². The van der Waals surface area contributed by atoms with Crippen LogP contribution >= 0.6 is 11.3 Å². The standard InChI is InChI=1S/C15H20N2S/c1-2-3-4-8-11-16-15-17-14(12-18-15)13-9-6-5-7-10-13/h5-7,9-10,12H,2-4,8,11H2,1H3,(H,16,17). The van der Waals surface area contributed by atoms with Crippen molar-refractivity contribution >= 4 is 16.5 Å². The maximum absolute atomic E-state index is 4.61. The van der Waals surface area contributed by atoms with Crippen LogP contribution in [0.5, 0.6) is 0 Å². The molecule has 0 spiro atoms. The smallest absolute Gasteiger partial charge is 0.183 e. The third kappa shape index (κ3) is 3.84. The van der Waals surface area contributed by atoms with Crippen LogP contribution in [0, 0.1) is 0 Å². The molecule has 0 saturated heterocycles. The van der Waals surface area contributed by atoms with Gasteiger partial charge in [0.05, 0.1) is 5.69 Å². The number of rotatable bonds is 7. The molecule has 0 aliphatic heterocycles. The summed E-state index contributed by atoms with van der Waals surface area (Å²) in [5, 5.41) is 6.55. The number of nitrogens with one attached hydrogen (secondary N) is 1. The summed E-state index contributed by atoms with van der Waals surface area (Å²) in [5.74, 6) is 0. The third-order valence-electron chi connectivity index (χ3n) is 2.88. The zero-order valence-electron chi connectivity index (χ0n) is 10.9. The van der Waals surface area contributed by atoms with Crippen LogP contribution in [0.2, 0.25) is 0 Å². The Morgan fingerprint density at radius 3 is 2.72 bits per heavy atom. The van der Waals surface area contributed by atoms with Gasteiger partial charge in [0.25, 0.3) is 0 Å². The summed E-state index contributed by atoms with van der Waals surface area (Å²) in [6, 6.07) is 10.3. The number of unbranched alkanes of at least 4 members (excludes halogenated alkanes) is 3. The molecule has 0 fully saturated rings. The molecular formula is C15H20N2S. The molecule has 0 amide bonds. The summed E-state index contributed by atoms with van der Waals surface area (Å²) < 4.78 is 0. The molecule has 1 aromatic carbocycles. The van der Waals surface area contributed by atoms with Gasteiger partial charge in [0.15, 0.2) is 5.13 Å². The monoisotopic (exact) mass is 260 g/mol. The van der Waals surface area contributed by atoms with Crippen LogP contribution < -0.4 is 5.32 Å². The second-order valence-corrected chi connectivity index (χ2v) is 5.25. The average Bonchev–Trinajstić information content (AvgIpc) is 2.88. The summed E-state index contributed by atoms with van der Waals surface area (Å²) in [6.45, 7) is 3.27. The number of hydrogen-bond acceptors (Lipinski definition) is 3. The molecule has 0 bridgehead atoms. The van der Waals surface area contributed by atoms with Crippen molar-refractivity contribution < 1.29 is 0 Å². The normalized spacial score (nSPS) is 10.5. The van der Waals surface area contributed by atoms with Crippen LogP contribution in [-0.4, -0.2) is 11.5 Å². The molecule has 18 heavy (non-hydrogen) atoms. The van der Waals surface area contributed by atoms with E-state index in [1.807, 2.05) is 18.2 Å². The summed E-state index contributed by atoms with van der Waals surface area (Å²) in [4.78, 5) is 4.61. The predicted octanol–water partition coefficient (Wildman–Crippen LogP) is 4.80. The zero-order chi connectivity index (χ0) is 12.6. The molecule has 2 rings (SSSR count). The Kier molecular flexibility index (Phi) is 5.21. The molecule has 1 heterocycles. The minimum Gasteiger partial charge on any atom is -0.362 e. The van der Waals surface area contributed by atoms with Crippen LogP contribution in [-0.2, 0) is 0 Å². The van der Waals surface area contributed by atoms with Crippen LogP contribution in [0.15, 0.2) is 35.7 Å². The minimum atomic E-state index is 1.03. The average molecular weight is 260 g/mol. The highest BCUT2D eigenvalue weighted by atomic mass is 32.1. The Hall–Kier alpha value is -1.35. The van der Waals surface area contributed by atoms with E-state index in [1.54, 1.807) is 11.3 Å². The highest BCUT2D eigenvalue weighted by Gasteiger charge is 2.02. The van der Waals surface area contributed by atoms with E-state index < -0.39 is 0 Å². The van der Waals surface area contributed by atoms with Gasteiger partial charge in [0.2, 0.25) is 0 Å². The number of benzene rings is 1. The van der Waals surface area contributed by atoms with Gasteiger partial charge < -0.3 is 5.32 Å². The molecule has 0 aliphatic carbocycles. The van der Waals surface area contributed by atoms with E-state index in [9.17, 15) is 0 Å². The summed E-state index contributed by atoms with van der Waals surface area (Å²) in [6.07, 6.45) is 5.15. The molecule has 2 aromatic rings. The Bertz CT molecular complexity index is 451. The van der Waals surface area contributed by atoms with E-state index in [0.29, 0.717) is 0 Å². The Morgan fingerprint density at radius 1 is 1.11 bits per heavy atom. The zero-order valence-corrected chi connectivity index (χ0v) is 11.7. The SMILES string of the molecule is CCCCCCNc1nc(-c2ccccc2)cs1. The molecule has 1 N–H and O–H groups in total.